The van der Waals surface area contributed by atoms with Crippen LogP contribution in [-0.4, -0.2) is 16.1 Å². The van der Waals surface area contributed by atoms with Crippen molar-refractivity contribution in [1.29, 1.82) is 0 Å². The smallest absolute Gasteiger partial charge is 0.304 e. The largest absolute Gasteiger partial charge is 0.481 e. The van der Waals surface area contributed by atoms with E-state index in [9.17, 15) is 4.79 Å². The minimum absolute atomic E-state index is 0.102. The molecule has 17 heavy (non-hydrogen) atoms. The zero-order valence-corrected chi connectivity index (χ0v) is 11.3. The molecule has 2 rings (SSSR count). The van der Waals surface area contributed by atoms with Crippen LogP contribution >= 0.6 is 22.7 Å². The van der Waals surface area contributed by atoms with E-state index in [-0.39, 0.29) is 6.42 Å². The van der Waals surface area contributed by atoms with Gasteiger partial charge in [0.1, 0.15) is 0 Å². The summed E-state index contributed by atoms with van der Waals surface area (Å²) in [5.41, 5.74) is 0.532. The van der Waals surface area contributed by atoms with E-state index >= 15 is 0 Å². The third-order valence-electron chi connectivity index (χ3n) is 2.45. The van der Waals surface area contributed by atoms with Crippen LogP contribution < -0.4 is 0 Å². The highest BCUT2D eigenvalue weighted by Gasteiger charge is 2.27. The Labute approximate surface area is 108 Å². The van der Waals surface area contributed by atoms with Crippen molar-refractivity contribution in [1.82, 2.24) is 4.98 Å². The first-order chi connectivity index (χ1) is 7.99. The van der Waals surface area contributed by atoms with Gasteiger partial charge >= 0.3 is 5.97 Å². The van der Waals surface area contributed by atoms with E-state index in [4.69, 9.17) is 5.11 Å². The van der Waals surface area contributed by atoms with E-state index in [0.717, 1.165) is 15.6 Å². The third-order valence-corrected chi connectivity index (χ3v) is 4.55. The molecule has 5 heteroatoms. The number of aliphatic carboxylic acids is 1. The van der Waals surface area contributed by atoms with Gasteiger partial charge in [-0.15, -0.1) is 22.7 Å². The summed E-state index contributed by atoms with van der Waals surface area (Å²) in [5.74, 6) is -0.789. The van der Waals surface area contributed by atoms with E-state index < -0.39 is 11.4 Å². The molecular formula is C12H13NO2S2. The van der Waals surface area contributed by atoms with Crippen LogP contribution in [0.5, 0.6) is 0 Å². The van der Waals surface area contributed by atoms with E-state index in [1.165, 1.54) is 11.3 Å². The predicted molar refractivity (Wildman–Crippen MR) is 70.7 cm³/mol. The number of carboxylic acids is 1. The summed E-state index contributed by atoms with van der Waals surface area (Å²) >= 11 is 3.17. The Bertz CT molecular complexity index is 514. The third kappa shape index (κ3) is 2.73. The van der Waals surface area contributed by atoms with Gasteiger partial charge in [-0.1, -0.05) is 19.9 Å². The molecule has 0 bridgehead atoms. The molecule has 0 saturated heterocycles. The fourth-order valence-electron chi connectivity index (χ4n) is 1.58. The summed E-state index contributed by atoms with van der Waals surface area (Å²) in [6.45, 7) is 3.83. The number of hydrogen-bond acceptors (Lipinski definition) is 4. The SMILES string of the molecule is CC(C)(CC(=O)O)c1nc(-c2cccs2)cs1. The van der Waals surface area contributed by atoms with Crippen molar-refractivity contribution in [2.75, 3.05) is 0 Å². The van der Waals surface area contributed by atoms with Gasteiger partial charge in [-0.05, 0) is 11.4 Å². The molecule has 2 aromatic rings. The van der Waals surface area contributed by atoms with Gasteiger partial charge in [-0.2, -0.15) is 0 Å². The van der Waals surface area contributed by atoms with E-state index in [2.05, 4.69) is 4.98 Å². The first kappa shape index (κ1) is 12.3. The minimum atomic E-state index is -0.789. The average Bonchev–Trinajstić information content (AvgIpc) is 2.87. The Balaban J connectivity index is 2.26. The fraction of sp³-hybridized carbons (Fsp3) is 0.333. The highest BCUT2D eigenvalue weighted by Crippen LogP contribution is 2.33. The van der Waals surface area contributed by atoms with Gasteiger partial charge in [0.05, 0.1) is 22.0 Å². The molecule has 90 valence electrons. The Hall–Kier alpha value is -1.20. The Morgan fingerprint density at radius 1 is 1.47 bits per heavy atom. The zero-order chi connectivity index (χ0) is 12.5. The highest BCUT2D eigenvalue weighted by molar-refractivity contribution is 7.14. The minimum Gasteiger partial charge on any atom is -0.481 e. The lowest BCUT2D eigenvalue weighted by atomic mass is 9.90. The van der Waals surface area contributed by atoms with Crippen LogP contribution in [-0.2, 0) is 10.2 Å². The number of nitrogens with zero attached hydrogens (tertiary/aromatic N) is 1. The second kappa shape index (κ2) is 4.58. The summed E-state index contributed by atoms with van der Waals surface area (Å²) in [4.78, 5) is 16.5. The van der Waals surface area contributed by atoms with E-state index in [1.807, 2.05) is 36.7 Å². The van der Waals surface area contributed by atoms with Gasteiger partial charge in [-0.3, -0.25) is 4.79 Å². The first-order valence-electron chi connectivity index (χ1n) is 5.21. The molecule has 0 aliphatic carbocycles. The quantitative estimate of drug-likeness (QED) is 0.920. The summed E-state index contributed by atoms with van der Waals surface area (Å²) in [5, 5.41) is 13.8. The van der Waals surface area contributed by atoms with Crippen LogP contribution in [0.25, 0.3) is 10.6 Å². The lowest BCUT2D eigenvalue weighted by molar-refractivity contribution is -0.138. The van der Waals surface area contributed by atoms with Crippen LogP contribution in [0.3, 0.4) is 0 Å². The van der Waals surface area contributed by atoms with Crippen molar-refractivity contribution in [3.05, 3.63) is 27.9 Å². The molecule has 0 aliphatic rings. The molecule has 0 aromatic carbocycles. The van der Waals surface area contributed by atoms with Crippen LogP contribution in [0.4, 0.5) is 0 Å². The second-order valence-corrected chi connectivity index (χ2v) is 6.28. The van der Waals surface area contributed by atoms with Gasteiger partial charge in [-0.25, -0.2) is 4.98 Å². The number of thiazole rings is 1. The van der Waals surface area contributed by atoms with E-state index in [1.54, 1.807) is 11.3 Å². The van der Waals surface area contributed by atoms with Gasteiger partial charge in [0.2, 0.25) is 0 Å². The number of rotatable bonds is 4. The van der Waals surface area contributed by atoms with Crippen molar-refractivity contribution in [2.24, 2.45) is 0 Å². The molecule has 2 heterocycles. The summed E-state index contributed by atoms with van der Waals surface area (Å²) in [7, 11) is 0. The summed E-state index contributed by atoms with van der Waals surface area (Å²) < 4.78 is 0. The molecule has 0 aliphatic heterocycles. The molecule has 0 saturated carbocycles. The maximum Gasteiger partial charge on any atom is 0.304 e. The molecule has 0 unspecified atom stereocenters. The number of carbonyl (C=O) groups is 1. The second-order valence-electron chi connectivity index (χ2n) is 4.47. The number of aromatic nitrogens is 1. The molecule has 0 radical (unpaired) electrons. The van der Waals surface area contributed by atoms with Crippen molar-refractivity contribution in [3.63, 3.8) is 0 Å². The van der Waals surface area contributed by atoms with Gasteiger partial charge in [0.25, 0.3) is 0 Å². The molecule has 1 N–H and O–H groups in total. The maximum atomic E-state index is 10.8. The molecule has 0 fully saturated rings. The zero-order valence-electron chi connectivity index (χ0n) is 9.64. The topological polar surface area (TPSA) is 50.2 Å². The Morgan fingerprint density at radius 2 is 2.24 bits per heavy atom. The molecular weight excluding hydrogens is 254 g/mol. The molecule has 2 aromatic heterocycles. The van der Waals surface area contributed by atoms with E-state index in [0.29, 0.717) is 0 Å². The molecule has 3 nitrogen and oxygen atoms in total. The molecule has 0 spiro atoms. The van der Waals surface area contributed by atoms with Gasteiger partial charge in [0.15, 0.2) is 0 Å². The lowest BCUT2D eigenvalue weighted by Crippen LogP contribution is -2.21. The van der Waals surface area contributed by atoms with Crippen molar-refractivity contribution in [2.45, 2.75) is 25.7 Å². The highest BCUT2D eigenvalue weighted by atomic mass is 32.1. The van der Waals surface area contributed by atoms with Crippen molar-refractivity contribution >= 4 is 28.6 Å². The van der Waals surface area contributed by atoms with Crippen LogP contribution in [0.15, 0.2) is 22.9 Å². The van der Waals surface area contributed by atoms with Crippen LogP contribution in [0, 0.1) is 0 Å². The average molecular weight is 267 g/mol. The Morgan fingerprint density at radius 3 is 2.82 bits per heavy atom. The van der Waals surface area contributed by atoms with Gasteiger partial charge in [0, 0.05) is 10.8 Å². The fourth-order valence-corrected chi connectivity index (χ4v) is 3.28. The standard InChI is InChI=1S/C12H13NO2S2/c1-12(2,6-10(14)15)11-13-8(7-17-11)9-4-3-5-16-9/h3-5,7H,6H2,1-2H3,(H,14,15). The maximum absolute atomic E-state index is 10.8. The first-order valence-corrected chi connectivity index (χ1v) is 6.97. The number of thiophene rings is 1. The predicted octanol–water partition coefficient (Wildman–Crippen LogP) is 3.62. The number of carboxylic acid groups (broad SMARTS) is 1. The van der Waals surface area contributed by atoms with Crippen LogP contribution in [0.1, 0.15) is 25.3 Å². The normalized spacial score (nSPS) is 11.6. The van der Waals surface area contributed by atoms with Crippen molar-refractivity contribution < 1.29 is 9.90 Å². The summed E-state index contributed by atoms with van der Waals surface area (Å²) in [6, 6.07) is 4.01. The van der Waals surface area contributed by atoms with Crippen LogP contribution in [0.2, 0.25) is 0 Å². The van der Waals surface area contributed by atoms with Crippen molar-refractivity contribution in [3.8, 4) is 10.6 Å². The number of hydrogen-bond donors (Lipinski definition) is 1. The Kier molecular flexibility index (Phi) is 3.31. The lowest BCUT2D eigenvalue weighted by Gasteiger charge is -2.18. The van der Waals surface area contributed by atoms with Gasteiger partial charge < -0.3 is 5.11 Å². The monoisotopic (exact) mass is 267 g/mol. The molecule has 0 atom stereocenters. The molecule has 0 amide bonds. The summed E-state index contributed by atoms with van der Waals surface area (Å²) in [6.07, 6.45) is 0.102.